The van der Waals surface area contributed by atoms with Gasteiger partial charge in [0.1, 0.15) is 6.54 Å². The minimum Gasteiger partial charge on any atom is -0.395 e. The summed E-state index contributed by atoms with van der Waals surface area (Å²) in [7, 11) is 0. The molecule has 13 heteroatoms. The van der Waals surface area contributed by atoms with Gasteiger partial charge in [0.05, 0.1) is 56.4 Å². The highest BCUT2D eigenvalue weighted by Crippen LogP contribution is 2.28. The second kappa shape index (κ2) is 11.3. The van der Waals surface area contributed by atoms with Crippen LogP contribution in [0.4, 0.5) is 0 Å². The number of nitroso groups, excluding NO2 is 1. The highest BCUT2D eigenvalue weighted by molar-refractivity contribution is 4.88. The summed E-state index contributed by atoms with van der Waals surface area (Å²) < 4.78 is 28.6. The van der Waals surface area contributed by atoms with Crippen molar-refractivity contribution in [2.75, 3.05) is 26.4 Å². The van der Waals surface area contributed by atoms with Crippen LogP contribution in [0.5, 0.6) is 0 Å². The predicted molar refractivity (Wildman–Crippen MR) is 96.5 cm³/mol. The molecule has 0 unspecified atom stereocenters. The number of hydrogen-bond acceptors (Lipinski definition) is 12. The van der Waals surface area contributed by atoms with E-state index in [4.69, 9.17) is 28.9 Å². The summed E-state index contributed by atoms with van der Waals surface area (Å²) in [5.41, 5.74) is 0. The smallest absolute Gasteiger partial charge is 0.185 e. The van der Waals surface area contributed by atoms with Gasteiger partial charge in [0.15, 0.2) is 18.6 Å². The third kappa shape index (κ3) is 6.34. The summed E-state index contributed by atoms with van der Waals surface area (Å²) in [6.07, 6.45) is -4.24. The highest BCUT2D eigenvalue weighted by Gasteiger charge is 2.42. The van der Waals surface area contributed by atoms with Crippen LogP contribution in [0.2, 0.25) is 0 Å². The number of aliphatic hydroxyl groups is 3. The molecule has 0 saturated carbocycles. The molecule has 0 amide bonds. The SMILES string of the molecule is O=NC[C@H]1C[C@@H](O)[C@H](N=NO)[C@@H](O[C@@H]2COC[C@H](O[C@@H]3C[C@H](O)C[C@H](CO)O3)C2)O1. The van der Waals surface area contributed by atoms with Gasteiger partial charge in [-0.2, -0.15) is 4.91 Å². The van der Waals surface area contributed by atoms with Crippen LogP contribution in [0.3, 0.4) is 0 Å². The molecule has 0 spiro atoms. The van der Waals surface area contributed by atoms with Crippen molar-refractivity contribution in [2.24, 2.45) is 15.6 Å². The molecule has 3 aliphatic heterocycles. The van der Waals surface area contributed by atoms with E-state index in [1.165, 1.54) is 0 Å². The van der Waals surface area contributed by atoms with Gasteiger partial charge in [0.2, 0.25) is 0 Å². The van der Waals surface area contributed by atoms with Crippen LogP contribution in [-0.4, -0.2) is 102 Å². The van der Waals surface area contributed by atoms with Crippen LogP contribution < -0.4 is 0 Å². The lowest BCUT2D eigenvalue weighted by Crippen LogP contribution is -2.52. The molecule has 3 heterocycles. The summed E-state index contributed by atoms with van der Waals surface area (Å²) in [4.78, 5) is 10.6. The fourth-order valence-electron chi connectivity index (χ4n) is 3.93. The molecule has 0 bridgehead atoms. The lowest BCUT2D eigenvalue weighted by atomic mass is 10.0. The predicted octanol–water partition coefficient (Wildman–Crippen LogP) is -0.512. The van der Waals surface area contributed by atoms with Crippen molar-refractivity contribution < 1.29 is 44.2 Å². The topological polar surface area (TPSA) is 181 Å². The first kappa shape index (κ1) is 23.3. The van der Waals surface area contributed by atoms with Crippen molar-refractivity contribution in [1.82, 2.24) is 0 Å². The van der Waals surface area contributed by atoms with Crippen molar-refractivity contribution in [3.8, 4) is 0 Å². The molecule has 3 rings (SSSR count). The first-order chi connectivity index (χ1) is 14.5. The monoisotopic (exact) mass is 435 g/mol. The Kier molecular flexibility index (Phi) is 8.83. The molecule has 0 aliphatic carbocycles. The van der Waals surface area contributed by atoms with E-state index in [2.05, 4.69) is 15.6 Å². The lowest BCUT2D eigenvalue weighted by Gasteiger charge is -2.40. The molecule has 0 aromatic heterocycles. The molecule has 3 fully saturated rings. The van der Waals surface area contributed by atoms with Gasteiger partial charge >= 0.3 is 0 Å². The minimum absolute atomic E-state index is 0.107. The molecule has 0 aromatic carbocycles. The second-order valence-electron chi connectivity index (χ2n) is 7.72. The zero-order chi connectivity index (χ0) is 21.5. The van der Waals surface area contributed by atoms with E-state index in [1.807, 2.05) is 0 Å². The van der Waals surface area contributed by atoms with E-state index in [1.54, 1.807) is 0 Å². The van der Waals surface area contributed by atoms with Gasteiger partial charge in [0, 0.05) is 31.0 Å². The zero-order valence-electron chi connectivity index (χ0n) is 16.4. The van der Waals surface area contributed by atoms with E-state index in [-0.39, 0.29) is 32.6 Å². The Balaban J connectivity index is 1.56. The van der Waals surface area contributed by atoms with E-state index in [0.717, 1.165) is 0 Å². The van der Waals surface area contributed by atoms with E-state index >= 15 is 0 Å². The second-order valence-corrected chi connectivity index (χ2v) is 7.72. The van der Waals surface area contributed by atoms with Crippen LogP contribution in [0.25, 0.3) is 0 Å². The van der Waals surface area contributed by atoms with Crippen LogP contribution in [0, 0.1) is 4.91 Å². The number of nitrogens with zero attached hydrogens (tertiary/aromatic N) is 3. The third-order valence-electron chi connectivity index (χ3n) is 5.32. The number of aliphatic hydroxyl groups excluding tert-OH is 3. The highest BCUT2D eigenvalue weighted by atomic mass is 16.7. The number of rotatable bonds is 8. The molecule has 3 saturated heterocycles. The minimum atomic E-state index is -1.06. The fourth-order valence-corrected chi connectivity index (χ4v) is 3.93. The van der Waals surface area contributed by atoms with Crippen molar-refractivity contribution in [3.63, 3.8) is 0 Å². The summed E-state index contributed by atoms with van der Waals surface area (Å²) in [5.74, 6) is 0. The number of ether oxygens (including phenoxy) is 5. The molecule has 172 valence electrons. The molecule has 9 atom stereocenters. The first-order valence-corrected chi connectivity index (χ1v) is 10.0. The van der Waals surface area contributed by atoms with Crippen molar-refractivity contribution in [3.05, 3.63) is 4.91 Å². The Labute approximate surface area is 172 Å². The van der Waals surface area contributed by atoms with E-state index in [9.17, 15) is 20.2 Å². The maximum atomic E-state index is 10.6. The largest absolute Gasteiger partial charge is 0.395 e. The van der Waals surface area contributed by atoms with Gasteiger partial charge in [-0.25, -0.2) is 0 Å². The fraction of sp³-hybridized carbons (Fsp3) is 1.00. The molecule has 0 radical (unpaired) electrons. The standard InChI is InChI=1S/C17H29N3O10/c21-6-11-1-9(22)2-15(27-11)28-12-3-13(8-26-7-12)30-17-16(19-20-25)14(23)4-10(29-17)5-18-24/h9-17,21-23H,1-8H2,(H,19,25)/t9-,10-,11-,12-,13+,14-,15-,16+,17-/m1/s1. The Bertz CT molecular complexity index is 570. The van der Waals surface area contributed by atoms with Gasteiger partial charge in [0.25, 0.3) is 0 Å². The summed E-state index contributed by atoms with van der Waals surface area (Å²) in [6, 6.07) is -0.971. The third-order valence-corrected chi connectivity index (χ3v) is 5.32. The van der Waals surface area contributed by atoms with Gasteiger partial charge in [-0.05, 0) is 0 Å². The maximum Gasteiger partial charge on any atom is 0.185 e. The van der Waals surface area contributed by atoms with Crippen LogP contribution in [0.15, 0.2) is 15.6 Å². The number of hydrogen-bond donors (Lipinski definition) is 4. The van der Waals surface area contributed by atoms with Gasteiger partial charge in [-0.15, -0.1) is 5.11 Å². The van der Waals surface area contributed by atoms with E-state index in [0.29, 0.717) is 19.4 Å². The maximum absolute atomic E-state index is 10.6. The molecule has 4 N–H and O–H groups in total. The quantitative estimate of drug-likeness (QED) is 0.220. The van der Waals surface area contributed by atoms with Gasteiger partial charge in [-0.1, -0.05) is 5.18 Å². The van der Waals surface area contributed by atoms with Crippen LogP contribution in [-0.2, 0) is 23.7 Å². The van der Waals surface area contributed by atoms with Gasteiger partial charge < -0.3 is 44.2 Å². The van der Waals surface area contributed by atoms with E-state index < -0.39 is 55.2 Å². The molecular weight excluding hydrogens is 406 g/mol. The van der Waals surface area contributed by atoms with Crippen molar-refractivity contribution in [2.45, 2.75) is 80.9 Å². The van der Waals surface area contributed by atoms with Crippen LogP contribution in [0.1, 0.15) is 25.7 Å². The molecule has 30 heavy (non-hydrogen) atoms. The molecular formula is C17H29N3O10. The summed E-state index contributed by atoms with van der Waals surface area (Å²) in [5, 5.41) is 47.3. The van der Waals surface area contributed by atoms with Crippen molar-refractivity contribution >= 4 is 0 Å². The average Bonchev–Trinajstić information content (AvgIpc) is 2.70. The average molecular weight is 435 g/mol. The van der Waals surface area contributed by atoms with Crippen molar-refractivity contribution in [1.29, 1.82) is 0 Å². The molecule has 3 aliphatic rings. The normalized spacial score (nSPS) is 43.0. The lowest BCUT2D eigenvalue weighted by molar-refractivity contribution is -0.279. The summed E-state index contributed by atoms with van der Waals surface area (Å²) in [6.45, 7) is 0.178. The molecule has 0 aromatic rings. The Morgan fingerprint density at radius 2 is 1.73 bits per heavy atom. The zero-order valence-corrected chi connectivity index (χ0v) is 16.4. The van der Waals surface area contributed by atoms with Crippen LogP contribution >= 0.6 is 0 Å². The molecule has 13 nitrogen and oxygen atoms in total. The first-order valence-electron chi connectivity index (χ1n) is 10.0. The Morgan fingerprint density at radius 1 is 0.967 bits per heavy atom. The van der Waals surface area contributed by atoms with Gasteiger partial charge in [-0.3, -0.25) is 0 Å². The summed E-state index contributed by atoms with van der Waals surface area (Å²) >= 11 is 0. The Morgan fingerprint density at radius 3 is 2.43 bits per heavy atom. The Hall–Kier alpha value is -1.32.